The zero-order chi connectivity index (χ0) is 12.8. The Morgan fingerprint density at radius 2 is 2.06 bits per heavy atom. The Labute approximate surface area is 104 Å². The van der Waals surface area contributed by atoms with E-state index < -0.39 is 5.60 Å². The topological polar surface area (TPSA) is 69.4 Å². The van der Waals surface area contributed by atoms with Gasteiger partial charge in [0.15, 0.2) is 11.5 Å². The minimum absolute atomic E-state index is 0.241. The normalized spacial score (nSPS) is 13.9. The number of hydrogen-bond donors (Lipinski definition) is 1. The van der Waals surface area contributed by atoms with Gasteiger partial charge in [0.1, 0.15) is 11.3 Å². The molecule has 0 fully saturated rings. The van der Waals surface area contributed by atoms with Crippen LogP contribution in [-0.2, 0) is 5.60 Å². The lowest BCUT2D eigenvalue weighted by atomic mass is 10.1. The number of nitrogens with zero attached hydrogens (tertiary/aromatic N) is 3. The number of benzene rings is 1. The summed E-state index contributed by atoms with van der Waals surface area (Å²) in [6.45, 7) is 3.58. The Hall–Kier alpha value is -2.08. The molecule has 0 aliphatic carbocycles. The average Bonchev–Trinajstić information content (AvgIpc) is 2.96. The van der Waals surface area contributed by atoms with Crippen molar-refractivity contribution in [2.24, 2.45) is 0 Å². The average molecular weight is 247 g/mol. The molecule has 6 heteroatoms. The molecule has 1 N–H and O–H groups in total. The SMILES string of the molecule is CC(C)(O)c1cn(-c2ccc3c(c2)OCO3)nn1. The Balaban J connectivity index is 1.98. The first-order valence-electron chi connectivity index (χ1n) is 5.59. The Morgan fingerprint density at radius 1 is 1.28 bits per heavy atom. The van der Waals surface area contributed by atoms with Crippen molar-refractivity contribution in [3.05, 3.63) is 30.1 Å². The second-order valence-corrected chi connectivity index (χ2v) is 4.64. The highest BCUT2D eigenvalue weighted by molar-refractivity contribution is 5.49. The van der Waals surface area contributed by atoms with Crippen molar-refractivity contribution in [3.63, 3.8) is 0 Å². The van der Waals surface area contributed by atoms with Crippen molar-refractivity contribution >= 4 is 0 Å². The van der Waals surface area contributed by atoms with Crippen molar-refractivity contribution in [2.75, 3.05) is 6.79 Å². The fourth-order valence-electron chi connectivity index (χ4n) is 1.70. The van der Waals surface area contributed by atoms with E-state index in [-0.39, 0.29) is 6.79 Å². The number of fused-ring (bicyclic) bond motifs is 1. The fourth-order valence-corrected chi connectivity index (χ4v) is 1.70. The van der Waals surface area contributed by atoms with Crippen LogP contribution in [0.1, 0.15) is 19.5 Å². The largest absolute Gasteiger partial charge is 0.454 e. The summed E-state index contributed by atoms with van der Waals surface area (Å²) in [6.07, 6.45) is 1.69. The van der Waals surface area contributed by atoms with Crippen LogP contribution in [0.3, 0.4) is 0 Å². The molecule has 2 aromatic rings. The second kappa shape index (κ2) is 3.71. The summed E-state index contributed by atoms with van der Waals surface area (Å²) in [5.74, 6) is 1.41. The minimum Gasteiger partial charge on any atom is -0.454 e. The van der Waals surface area contributed by atoms with Crippen LogP contribution in [-0.4, -0.2) is 26.9 Å². The third kappa shape index (κ3) is 1.80. The van der Waals surface area contributed by atoms with Crippen molar-refractivity contribution in [2.45, 2.75) is 19.4 Å². The molecule has 0 saturated carbocycles. The van der Waals surface area contributed by atoms with E-state index in [1.165, 1.54) is 0 Å². The van der Waals surface area contributed by atoms with E-state index in [2.05, 4.69) is 10.3 Å². The zero-order valence-electron chi connectivity index (χ0n) is 10.1. The summed E-state index contributed by atoms with van der Waals surface area (Å²) in [6, 6.07) is 5.50. The second-order valence-electron chi connectivity index (χ2n) is 4.64. The van der Waals surface area contributed by atoms with Gasteiger partial charge in [-0.1, -0.05) is 5.21 Å². The van der Waals surface area contributed by atoms with E-state index in [9.17, 15) is 5.11 Å². The molecule has 0 saturated heterocycles. The molecule has 0 bridgehead atoms. The molecule has 1 aliphatic heterocycles. The standard InChI is InChI=1S/C12H13N3O3/c1-12(2,16)11-6-15(14-13-11)8-3-4-9-10(5-8)18-7-17-9/h3-6,16H,7H2,1-2H3. The molecule has 0 radical (unpaired) electrons. The van der Waals surface area contributed by atoms with Crippen LogP contribution in [0.4, 0.5) is 0 Å². The molecule has 0 amide bonds. The Morgan fingerprint density at radius 3 is 2.78 bits per heavy atom. The molecule has 2 heterocycles. The van der Waals surface area contributed by atoms with Crippen LogP contribution in [0.5, 0.6) is 11.5 Å². The molecular formula is C12H13N3O3. The van der Waals surface area contributed by atoms with Gasteiger partial charge in [0.05, 0.1) is 11.9 Å². The first-order valence-corrected chi connectivity index (χ1v) is 5.59. The quantitative estimate of drug-likeness (QED) is 0.864. The Bertz CT molecular complexity index is 586. The highest BCUT2D eigenvalue weighted by Crippen LogP contribution is 2.33. The van der Waals surface area contributed by atoms with Gasteiger partial charge in [0.25, 0.3) is 0 Å². The van der Waals surface area contributed by atoms with Gasteiger partial charge >= 0.3 is 0 Å². The van der Waals surface area contributed by atoms with Gasteiger partial charge in [-0.3, -0.25) is 0 Å². The van der Waals surface area contributed by atoms with Gasteiger partial charge in [-0.15, -0.1) is 5.10 Å². The lowest BCUT2D eigenvalue weighted by molar-refractivity contribution is 0.0737. The molecule has 94 valence electrons. The van der Waals surface area contributed by atoms with Crippen molar-refractivity contribution < 1.29 is 14.6 Å². The third-order valence-corrected chi connectivity index (χ3v) is 2.74. The number of ether oxygens (including phenoxy) is 2. The lowest BCUT2D eigenvalue weighted by Gasteiger charge is -2.11. The zero-order valence-corrected chi connectivity index (χ0v) is 10.1. The monoisotopic (exact) mass is 247 g/mol. The number of aliphatic hydroxyl groups is 1. The molecule has 0 spiro atoms. The summed E-state index contributed by atoms with van der Waals surface area (Å²) in [4.78, 5) is 0. The lowest BCUT2D eigenvalue weighted by Crippen LogP contribution is -2.15. The highest BCUT2D eigenvalue weighted by atomic mass is 16.7. The molecule has 18 heavy (non-hydrogen) atoms. The van der Waals surface area contributed by atoms with Crippen molar-refractivity contribution in [1.82, 2.24) is 15.0 Å². The van der Waals surface area contributed by atoms with E-state index in [1.54, 1.807) is 24.7 Å². The third-order valence-electron chi connectivity index (χ3n) is 2.74. The predicted molar refractivity (Wildman–Crippen MR) is 62.7 cm³/mol. The van der Waals surface area contributed by atoms with E-state index >= 15 is 0 Å². The van der Waals surface area contributed by atoms with Crippen molar-refractivity contribution in [3.8, 4) is 17.2 Å². The van der Waals surface area contributed by atoms with Gasteiger partial charge in [0, 0.05) is 6.07 Å². The maximum absolute atomic E-state index is 9.84. The summed E-state index contributed by atoms with van der Waals surface area (Å²) in [5, 5.41) is 17.8. The van der Waals surface area contributed by atoms with Gasteiger partial charge in [-0.05, 0) is 26.0 Å². The molecule has 1 aromatic heterocycles. The first-order chi connectivity index (χ1) is 8.54. The first kappa shape index (κ1) is 11.0. The van der Waals surface area contributed by atoms with Crippen LogP contribution in [0.25, 0.3) is 5.69 Å². The maximum atomic E-state index is 9.84. The minimum atomic E-state index is -1.01. The van der Waals surface area contributed by atoms with Gasteiger partial charge in [0.2, 0.25) is 6.79 Å². The van der Waals surface area contributed by atoms with E-state index in [0.717, 1.165) is 11.4 Å². The molecule has 6 nitrogen and oxygen atoms in total. The molecule has 0 atom stereocenters. The number of hydrogen-bond acceptors (Lipinski definition) is 5. The van der Waals surface area contributed by atoms with Crippen LogP contribution in [0.2, 0.25) is 0 Å². The van der Waals surface area contributed by atoms with Crippen LogP contribution in [0, 0.1) is 0 Å². The number of rotatable bonds is 2. The molecule has 1 aromatic carbocycles. The fraction of sp³-hybridized carbons (Fsp3) is 0.333. The van der Waals surface area contributed by atoms with Gasteiger partial charge in [-0.25, -0.2) is 4.68 Å². The van der Waals surface area contributed by atoms with Crippen LogP contribution in [0.15, 0.2) is 24.4 Å². The van der Waals surface area contributed by atoms with Gasteiger partial charge in [-0.2, -0.15) is 0 Å². The Kier molecular flexibility index (Phi) is 2.27. The van der Waals surface area contributed by atoms with Crippen LogP contribution >= 0.6 is 0 Å². The molecule has 3 rings (SSSR count). The molecule has 0 unspecified atom stereocenters. The smallest absolute Gasteiger partial charge is 0.231 e. The van der Waals surface area contributed by atoms with E-state index in [0.29, 0.717) is 11.4 Å². The van der Waals surface area contributed by atoms with Crippen LogP contribution < -0.4 is 9.47 Å². The van der Waals surface area contributed by atoms with Gasteiger partial charge < -0.3 is 14.6 Å². The molecular weight excluding hydrogens is 234 g/mol. The highest BCUT2D eigenvalue weighted by Gasteiger charge is 2.21. The number of aromatic nitrogens is 3. The maximum Gasteiger partial charge on any atom is 0.231 e. The summed E-state index contributed by atoms with van der Waals surface area (Å²) in [5.41, 5.74) is 0.316. The summed E-state index contributed by atoms with van der Waals surface area (Å²) < 4.78 is 12.1. The summed E-state index contributed by atoms with van der Waals surface area (Å²) in [7, 11) is 0. The summed E-state index contributed by atoms with van der Waals surface area (Å²) >= 11 is 0. The predicted octanol–water partition coefficient (Wildman–Crippen LogP) is 1.22. The molecule has 1 aliphatic rings. The van der Waals surface area contributed by atoms with E-state index in [4.69, 9.17) is 9.47 Å². The van der Waals surface area contributed by atoms with Crippen molar-refractivity contribution in [1.29, 1.82) is 0 Å². The van der Waals surface area contributed by atoms with E-state index in [1.807, 2.05) is 18.2 Å².